The molecule has 0 saturated heterocycles. The van der Waals surface area contributed by atoms with Crippen molar-refractivity contribution < 1.29 is 0 Å². The first kappa shape index (κ1) is 14.1. The lowest BCUT2D eigenvalue weighted by atomic mass is 9.91. The van der Waals surface area contributed by atoms with Crippen LogP contribution in [-0.2, 0) is 6.42 Å². The normalized spacial score (nSPS) is 25.4. The molecule has 0 bridgehead atoms. The van der Waals surface area contributed by atoms with Crippen LogP contribution < -0.4 is 5.32 Å². The first-order chi connectivity index (χ1) is 8.83. The van der Waals surface area contributed by atoms with Gasteiger partial charge in [0.2, 0.25) is 0 Å². The van der Waals surface area contributed by atoms with E-state index in [0.29, 0.717) is 6.04 Å². The predicted octanol–water partition coefficient (Wildman–Crippen LogP) is 4.49. The van der Waals surface area contributed by atoms with Crippen molar-refractivity contribution in [1.82, 2.24) is 5.32 Å². The maximum Gasteiger partial charge on any atom is 0.0136 e. The molecule has 1 heterocycles. The van der Waals surface area contributed by atoms with Crippen LogP contribution >= 0.6 is 11.3 Å². The van der Waals surface area contributed by atoms with Gasteiger partial charge in [0, 0.05) is 6.04 Å². The van der Waals surface area contributed by atoms with Crippen LogP contribution in [0.1, 0.15) is 51.5 Å². The minimum Gasteiger partial charge on any atom is -0.313 e. The molecule has 1 N–H and O–H groups in total. The zero-order chi connectivity index (χ0) is 12.8. The molecular weight excluding hydrogens is 238 g/mol. The Morgan fingerprint density at radius 1 is 1.39 bits per heavy atom. The fourth-order valence-corrected chi connectivity index (χ4v) is 3.93. The number of hydrogen-bond donors (Lipinski definition) is 1. The average Bonchev–Trinajstić information content (AvgIpc) is 3.05. The molecule has 1 aromatic heterocycles. The number of thiophene rings is 1. The van der Waals surface area contributed by atoms with E-state index >= 15 is 0 Å². The van der Waals surface area contributed by atoms with Gasteiger partial charge in [-0.1, -0.05) is 26.7 Å². The highest BCUT2D eigenvalue weighted by atomic mass is 32.1. The molecule has 0 spiro atoms. The summed E-state index contributed by atoms with van der Waals surface area (Å²) in [5, 5.41) is 8.32. The Bertz CT molecular complexity index is 320. The molecule has 1 fully saturated rings. The van der Waals surface area contributed by atoms with E-state index in [-0.39, 0.29) is 0 Å². The van der Waals surface area contributed by atoms with Crippen molar-refractivity contribution in [2.45, 2.75) is 58.4 Å². The Balaban J connectivity index is 1.92. The molecule has 102 valence electrons. The third-order valence-corrected chi connectivity index (χ3v) is 5.15. The third kappa shape index (κ3) is 3.83. The summed E-state index contributed by atoms with van der Waals surface area (Å²) in [6.07, 6.45) is 8.17. The molecule has 0 amide bonds. The maximum absolute atomic E-state index is 3.80. The summed E-state index contributed by atoms with van der Waals surface area (Å²) in [7, 11) is 0. The van der Waals surface area contributed by atoms with Gasteiger partial charge in [0.25, 0.3) is 0 Å². The Labute approximate surface area is 116 Å². The van der Waals surface area contributed by atoms with Crippen molar-refractivity contribution >= 4 is 11.3 Å². The summed E-state index contributed by atoms with van der Waals surface area (Å²) in [6.45, 7) is 5.78. The number of nitrogens with one attached hydrogen (secondary N) is 1. The van der Waals surface area contributed by atoms with E-state index in [1.807, 2.05) is 11.3 Å². The highest BCUT2D eigenvalue weighted by Gasteiger charge is 2.29. The monoisotopic (exact) mass is 265 g/mol. The van der Waals surface area contributed by atoms with Crippen LogP contribution in [-0.4, -0.2) is 12.6 Å². The molecule has 0 aliphatic heterocycles. The number of hydrogen-bond acceptors (Lipinski definition) is 2. The minimum absolute atomic E-state index is 0.705. The molecule has 1 aliphatic carbocycles. The molecule has 18 heavy (non-hydrogen) atoms. The highest BCUT2D eigenvalue weighted by Crippen LogP contribution is 2.35. The van der Waals surface area contributed by atoms with E-state index < -0.39 is 0 Å². The van der Waals surface area contributed by atoms with Gasteiger partial charge in [-0.25, -0.2) is 0 Å². The molecule has 2 rings (SSSR count). The summed E-state index contributed by atoms with van der Waals surface area (Å²) in [5.41, 5.74) is 1.52. The van der Waals surface area contributed by atoms with Crippen LogP contribution in [0, 0.1) is 11.8 Å². The summed E-state index contributed by atoms with van der Waals surface area (Å²) in [6, 6.07) is 2.99. The van der Waals surface area contributed by atoms with Crippen LogP contribution in [0.4, 0.5) is 0 Å². The molecule has 1 nitrogen and oxygen atoms in total. The van der Waals surface area contributed by atoms with Gasteiger partial charge in [0.15, 0.2) is 0 Å². The standard InChI is InChI=1S/C16H27NS/c1-3-8-17-16(11-14-7-9-18-12-14)15-6-5-13(4-2)10-15/h7,9,12-13,15-17H,3-6,8,10-11H2,1-2H3. The smallest absolute Gasteiger partial charge is 0.0136 e. The van der Waals surface area contributed by atoms with Gasteiger partial charge in [0.1, 0.15) is 0 Å². The first-order valence-electron chi connectivity index (χ1n) is 7.57. The van der Waals surface area contributed by atoms with E-state index in [1.165, 1.54) is 50.6 Å². The topological polar surface area (TPSA) is 12.0 Å². The second-order valence-electron chi connectivity index (χ2n) is 5.74. The third-order valence-electron chi connectivity index (χ3n) is 4.42. The maximum atomic E-state index is 3.80. The quantitative estimate of drug-likeness (QED) is 0.766. The Morgan fingerprint density at radius 3 is 2.89 bits per heavy atom. The van der Waals surface area contributed by atoms with Gasteiger partial charge in [-0.2, -0.15) is 11.3 Å². The SMILES string of the molecule is CCCNC(Cc1ccsc1)C1CCC(CC)C1. The van der Waals surface area contributed by atoms with Crippen LogP contribution in [0.2, 0.25) is 0 Å². The Kier molecular flexibility index (Phi) is 5.71. The molecule has 1 aliphatic rings. The second-order valence-corrected chi connectivity index (χ2v) is 6.52. The lowest BCUT2D eigenvalue weighted by Gasteiger charge is -2.25. The van der Waals surface area contributed by atoms with Gasteiger partial charge < -0.3 is 5.32 Å². The van der Waals surface area contributed by atoms with Crippen molar-refractivity contribution in [2.75, 3.05) is 6.54 Å². The van der Waals surface area contributed by atoms with Crippen LogP contribution in [0.15, 0.2) is 16.8 Å². The van der Waals surface area contributed by atoms with Crippen molar-refractivity contribution in [3.8, 4) is 0 Å². The van der Waals surface area contributed by atoms with E-state index in [2.05, 4.69) is 36.0 Å². The predicted molar refractivity (Wildman–Crippen MR) is 81.2 cm³/mol. The summed E-state index contributed by atoms with van der Waals surface area (Å²) in [4.78, 5) is 0. The molecule has 0 radical (unpaired) electrons. The lowest BCUT2D eigenvalue weighted by molar-refractivity contribution is 0.344. The van der Waals surface area contributed by atoms with Crippen molar-refractivity contribution in [3.63, 3.8) is 0 Å². The van der Waals surface area contributed by atoms with Crippen LogP contribution in [0.3, 0.4) is 0 Å². The fourth-order valence-electron chi connectivity index (χ4n) is 3.25. The summed E-state index contributed by atoms with van der Waals surface area (Å²) < 4.78 is 0. The average molecular weight is 265 g/mol. The van der Waals surface area contributed by atoms with Gasteiger partial charge >= 0.3 is 0 Å². The van der Waals surface area contributed by atoms with Gasteiger partial charge in [0.05, 0.1) is 0 Å². The fraction of sp³-hybridized carbons (Fsp3) is 0.750. The Hall–Kier alpha value is -0.340. The summed E-state index contributed by atoms with van der Waals surface area (Å²) in [5.74, 6) is 1.89. The van der Waals surface area contributed by atoms with Crippen molar-refractivity contribution in [3.05, 3.63) is 22.4 Å². The van der Waals surface area contributed by atoms with E-state index in [4.69, 9.17) is 0 Å². The van der Waals surface area contributed by atoms with E-state index in [1.54, 1.807) is 0 Å². The van der Waals surface area contributed by atoms with E-state index in [0.717, 1.165) is 11.8 Å². The first-order valence-corrected chi connectivity index (χ1v) is 8.52. The van der Waals surface area contributed by atoms with E-state index in [9.17, 15) is 0 Å². The summed E-state index contributed by atoms with van der Waals surface area (Å²) >= 11 is 1.83. The van der Waals surface area contributed by atoms with Gasteiger partial charge in [-0.3, -0.25) is 0 Å². The molecule has 2 heteroatoms. The molecule has 1 aromatic rings. The van der Waals surface area contributed by atoms with Crippen molar-refractivity contribution in [2.24, 2.45) is 11.8 Å². The molecule has 3 unspecified atom stereocenters. The zero-order valence-electron chi connectivity index (χ0n) is 11.8. The van der Waals surface area contributed by atoms with Gasteiger partial charge in [-0.15, -0.1) is 0 Å². The molecule has 3 atom stereocenters. The van der Waals surface area contributed by atoms with Crippen molar-refractivity contribution in [1.29, 1.82) is 0 Å². The zero-order valence-corrected chi connectivity index (χ0v) is 12.6. The highest BCUT2D eigenvalue weighted by molar-refractivity contribution is 7.07. The minimum atomic E-state index is 0.705. The van der Waals surface area contributed by atoms with Crippen LogP contribution in [0.5, 0.6) is 0 Å². The molecule has 0 aromatic carbocycles. The Morgan fingerprint density at radius 2 is 2.28 bits per heavy atom. The number of rotatable bonds is 7. The molecular formula is C16H27NS. The van der Waals surface area contributed by atoms with Gasteiger partial charge in [-0.05, 0) is 66.5 Å². The molecule has 1 saturated carbocycles. The lowest BCUT2D eigenvalue weighted by Crippen LogP contribution is -2.37. The van der Waals surface area contributed by atoms with Crippen LogP contribution in [0.25, 0.3) is 0 Å². The second kappa shape index (κ2) is 7.30. The largest absolute Gasteiger partial charge is 0.313 e.